The first kappa shape index (κ1) is 21.6. The maximum Gasteiger partial charge on any atom is 0.266 e. The molecule has 1 fully saturated rings. The summed E-state index contributed by atoms with van der Waals surface area (Å²) in [6.45, 7) is 2.99. The van der Waals surface area contributed by atoms with Crippen LogP contribution in [0, 0.1) is 6.92 Å². The summed E-state index contributed by atoms with van der Waals surface area (Å²) < 4.78 is 6.41. The van der Waals surface area contributed by atoms with Gasteiger partial charge >= 0.3 is 0 Å². The Morgan fingerprint density at radius 2 is 1.61 bits per heavy atom. The van der Waals surface area contributed by atoms with E-state index >= 15 is 0 Å². The molecule has 0 aromatic heterocycles. The monoisotopic (exact) mass is 465 g/mol. The number of nitrogens with zero attached hydrogens (tertiary/aromatic N) is 1. The summed E-state index contributed by atoms with van der Waals surface area (Å²) in [5.41, 5.74) is 4.22. The summed E-state index contributed by atoms with van der Waals surface area (Å²) in [6.07, 6.45) is 1.87. The van der Waals surface area contributed by atoms with Crippen LogP contribution >= 0.6 is 35.6 Å². The van der Waals surface area contributed by atoms with Crippen molar-refractivity contribution < 1.29 is 9.53 Å². The highest BCUT2D eigenvalue weighted by Crippen LogP contribution is 2.34. The summed E-state index contributed by atoms with van der Waals surface area (Å²) >= 11 is 12.7. The van der Waals surface area contributed by atoms with Crippen LogP contribution in [0.5, 0.6) is 5.75 Å². The van der Waals surface area contributed by atoms with Crippen molar-refractivity contribution >= 4 is 51.9 Å². The molecule has 1 heterocycles. The van der Waals surface area contributed by atoms with E-state index in [-0.39, 0.29) is 5.91 Å². The van der Waals surface area contributed by atoms with Gasteiger partial charge in [0.05, 0.1) is 11.4 Å². The SMILES string of the molecule is Cc1ccc(CN2C(=O)C(=Cc3ccc(OCc4ccc(Cl)cc4)cc3)SC2=S)cc1. The predicted molar refractivity (Wildman–Crippen MR) is 132 cm³/mol. The van der Waals surface area contributed by atoms with Crippen molar-refractivity contribution in [2.45, 2.75) is 20.1 Å². The fraction of sp³-hybridized carbons (Fsp3) is 0.120. The Bertz CT molecular complexity index is 1120. The van der Waals surface area contributed by atoms with Gasteiger partial charge in [0.1, 0.15) is 16.7 Å². The lowest BCUT2D eigenvalue weighted by atomic mass is 10.1. The highest BCUT2D eigenvalue weighted by molar-refractivity contribution is 8.26. The Kier molecular flexibility index (Phi) is 6.76. The van der Waals surface area contributed by atoms with Crippen LogP contribution in [0.3, 0.4) is 0 Å². The number of carbonyl (C=O) groups is 1. The largest absolute Gasteiger partial charge is 0.489 e. The molecule has 1 amide bonds. The molecule has 156 valence electrons. The minimum absolute atomic E-state index is 0.0568. The Hall–Kier alpha value is -2.60. The molecule has 0 saturated carbocycles. The highest BCUT2D eigenvalue weighted by atomic mass is 35.5. The number of hydrogen-bond donors (Lipinski definition) is 0. The number of hydrogen-bond acceptors (Lipinski definition) is 4. The van der Waals surface area contributed by atoms with Crippen LogP contribution in [0.1, 0.15) is 22.3 Å². The molecule has 0 aliphatic carbocycles. The zero-order valence-electron chi connectivity index (χ0n) is 16.9. The minimum atomic E-state index is -0.0568. The summed E-state index contributed by atoms with van der Waals surface area (Å²) in [7, 11) is 0. The van der Waals surface area contributed by atoms with Crippen molar-refractivity contribution in [3.8, 4) is 5.75 Å². The van der Waals surface area contributed by atoms with Crippen molar-refractivity contribution in [3.05, 3.63) is 105 Å². The standard InChI is InChI=1S/C25H20ClNO2S2/c1-17-2-4-19(5-3-17)15-27-24(28)23(31-25(27)30)14-18-8-12-22(13-9-18)29-16-20-6-10-21(26)11-7-20/h2-14H,15-16H2,1H3. The number of ether oxygens (including phenoxy) is 1. The number of amides is 1. The zero-order valence-corrected chi connectivity index (χ0v) is 19.3. The van der Waals surface area contributed by atoms with Crippen LogP contribution in [0.25, 0.3) is 6.08 Å². The molecule has 1 aliphatic rings. The number of aryl methyl sites for hydroxylation is 1. The number of thioether (sulfide) groups is 1. The van der Waals surface area contributed by atoms with Crippen LogP contribution in [0.2, 0.25) is 5.02 Å². The predicted octanol–water partition coefficient (Wildman–Crippen LogP) is 6.63. The van der Waals surface area contributed by atoms with Crippen molar-refractivity contribution in [1.82, 2.24) is 4.90 Å². The van der Waals surface area contributed by atoms with Gasteiger partial charge in [0, 0.05) is 5.02 Å². The van der Waals surface area contributed by atoms with Gasteiger partial charge in [-0.3, -0.25) is 9.69 Å². The number of benzene rings is 3. The Morgan fingerprint density at radius 3 is 2.29 bits per heavy atom. The summed E-state index contributed by atoms with van der Waals surface area (Å²) in [4.78, 5) is 15.1. The average Bonchev–Trinajstić information content (AvgIpc) is 3.03. The van der Waals surface area contributed by atoms with Crippen LogP contribution in [-0.2, 0) is 17.9 Å². The van der Waals surface area contributed by atoms with Crippen molar-refractivity contribution in [3.63, 3.8) is 0 Å². The smallest absolute Gasteiger partial charge is 0.266 e. The topological polar surface area (TPSA) is 29.5 Å². The van der Waals surface area contributed by atoms with Gasteiger partial charge in [0.2, 0.25) is 0 Å². The minimum Gasteiger partial charge on any atom is -0.489 e. The first-order chi connectivity index (χ1) is 15.0. The first-order valence-corrected chi connectivity index (χ1v) is 11.4. The van der Waals surface area contributed by atoms with Gasteiger partial charge < -0.3 is 4.74 Å². The number of rotatable bonds is 6. The van der Waals surface area contributed by atoms with E-state index in [1.165, 1.54) is 17.3 Å². The quantitative estimate of drug-likeness (QED) is 0.302. The average molecular weight is 466 g/mol. The van der Waals surface area contributed by atoms with Crippen LogP contribution in [-0.4, -0.2) is 15.1 Å². The van der Waals surface area contributed by atoms with Crippen LogP contribution in [0.15, 0.2) is 77.7 Å². The van der Waals surface area contributed by atoms with E-state index in [9.17, 15) is 4.79 Å². The Labute approximate surface area is 196 Å². The van der Waals surface area contributed by atoms with E-state index < -0.39 is 0 Å². The molecule has 6 heteroatoms. The van der Waals surface area contributed by atoms with Gasteiger partial charge in [-0.25, -0.2) is 0 Å². The van der Waals surface area contributed by atoms with E-state index in [2.05, 4.69) is 0 Å². The lowest BCUT2D eigenvalue weighted by Gasteiger charge is -2.14. The fourth-order valence-electron chi connectivity index (χ4n) is 3.07. The Morgan fingerprint density at radius 1 is 0.968 bits per heavy atom. The fourth-order valence-corrected chi connectivity index (χ4v) is 4.45. The second-order valence-electron chi connectivity index (χ2n) is 7.24. The van der Waals surface area contributed by atoms with Crippen LogP contribution in [0.4, 0.5) is 0 Å². The first-order valence-electron chi connectivity index (χ1n) is 9.76. The summed E-state index contributed by atoms with van der Waals surface area (Å²) in [5, 5.41) is 0.706. The van der Waals surface area contributed by atoms with Crippen molar-refractivity contribution in [1.29, 1.82) is 0 Å². The van der Waals surface area contributed by atoms with Gasteiger partial charge in [0.25, 0.3) is 5.91 Å². The molecule has 0 spiro atoms. The third-order valence-electron chi connectivity index (χ3n) is 4.83. The molecule has 0 atom stereocenters. The molecule has 4 rings (SSSR count). The lowest BCUT2D eigenvalue weighted by molar-refractivity contribution is -0.122. The molecule has 0 radical (unpaired) electrons. The second-order valence-corrected chi connectivity index (χ2v) is 9.35. The van der Waals surface area contributed by atoms with Crippen LogP contribution < -0.4 is 4.74 Å². The molecule has 3 aromatic rings. The molecule has 3 nitrogen and oxygen atoms in total. The normalized spacial score (nSPS) is 15.0. The number of carbonyl (C=O) groups excluding carboxylic acids is 1. The molecular formula is C25H20ClNO2S2. The Balaban J connectivity index is 1.39. The molecule has 1 saturated heterocycles. The molecule has 0 bridgehead atoms. The van der Waals surface area contributed by atoms with E-state index in [4.69, 9.17) is 28.6 Å². The number of halogens is 1. The van der Waals surface area contributed by atoms with E-state index in [0.29, 0.717) is 27.4 Å². The summed E-state index contributed by atoms with van der Waals surface area (Å²) in [6, 6.07) is 23.4. The van der Waals surface area contributed by atoms with Gasteiger partial charge in [0.15, 0.2) is 0 Å². The second kappa shape index (κ2) is 9.69. The third kappa shape index (κ3) is 5.56. The highest BCUT2D eigenvalue weighted by Gasteiger charge is 2.31. The molecule has 31 heavy (non-hydrogen) atoms. The lowest BCUT2D eigenvalue weighted by Crippen LogP contribution is -2.27. The molecule has 0 unspecified atom stereocenters. The number of thiocarbonyl (C=S) groups is 1. The molecule has 3 aromatic carbocycles. The maximum absolute atomic E-state index is 12.9. The van der Waals surface area contributed by atoms with E-state index in [1.807, 2.05) is 85.8 Å². The van der Waals surface area contributed by atoms with Gasteiger partial charge in [-0.2, -0.15) is 0 Å². The van der Waals surface area contributed by atoms with Gasteiger partial charge in [-0.05, 0) is 54.0 Å². The van der Waals surface area contributed by atoms with Gasteiger partial charge in [-0.1, -0.05) is 89.7 Å². The molecular weight excluding hydrogens is 446 g/mol. The van der Waals surface area contributed by atoms with Crippen molar-refractivity contribution in [2.24, 2.45) is 0 Å². The third-order valence-corrected chi connectivity index (χ3v) is 6.46. The molecule has 1 aliphatic heterocycles. The van der Waals surface area contributed by atoms with Crippen molar-refractivity contribution in [2.75, 3.05) is 0 Å². The maximum atomic E-state index is 12.9. The zero-order chi connectivity index (χ0) is 21.8. The van der Waals surface area contributed by atoms with E-state index in [1.54, 1.807) is 4.90 Å². The molecule has 0 N–H and O–H groups in total. The summed E-state index contributed by atoms with van der Waals surface area (Å²) in [5.74, 6) is 0.706. The van der Waals surface area contributed by atoms with E-state index in [0.717, 1.165) is 22.4 Å². The van der Waals surface area contributed by atoms with Gasteiger partial charge in [-0.15, -0.1) is 0 Å².